The fourth-order valence-electron chi connectivity index (χ4n) is 1.35. The molecule has 0 aromatic heterocycles. The quantitative estimate of drug-likeness (QED) is 0.694. The molecule has 0 saturated carbocycles. The van der Waals surface area contributed by atoms with Crippen LogP contribution in [-0.4, -0.2) is 27.5 Å². The maximum absolute atomic E-state index is 11.8. The Labute approximate surface area is 109 Å². The number of benzene rings is 1. The first kappa shape index (κ1) is 14.9. The third-order valence-corrected chi connectivity index (χ3v) is 3.81. The van der Waals surface area contributed by atoms with Gasteiger partial charge in [-0.15, -0.1) is 0 Å². The normalized spacial score (nSPS) is 13.3. The third-order valence-electron chi connectivity index (χ3n) is 2.33. The van der Waals surface area contributed by atoms with Gasteiger partial charge in [0.25, 0.3) is 0 Å². The van der Waals surface area contributed by atoms with Crippen molar-refractivity contribution in [2.75, 3.05) is 18.4 Å². The van der Waals surface area contributed by atoms with Crippen LogP contribution in [0.1, 0.15) is 20.3 Å². The summed E-state index contributed by atoms with van der Waals surface area (Å²) in [5.41, 5.74) is 6.49. The molecule has 4 N–H and O–H groups in total. The van der Waals surface area contributed by atoms with E-state index in [2.05, 4.69) is 10.0 Å². The SMILES string of the molecule is CCCNS(=O)(=O)c1ccc(NCC(C)N)cc1. The Morgan fingerprint density at radius 3 is 2.39 bits per heavy atom. The van der Waals surface area contributed by atoms with Gasteiger partial charge >= 0.3 is 0 Å². The number of hydrogen-bond donors (Lipinski definition) is 3. The van der Waals surface area contributed by atoms with Crippen LogP contribution in [0.15, 0.2) is 29.2 Å². The summed E-state index contributed by atoms with van der Waals surface area (Å²) in [5, 5.41) is 3.13. The zero-order valence-corrected chi connectivity index (χ0v) is 11.6. The summed E-state index contributed by atoms with van der Waals surface area (Å²) in [6.07, 6.45) is 0.771. The molecule has 0 radical (unpaired) electrons. The molecule has 0 fully saturated rings. The van der Waals surface area contributed by atoms with E-state index in [1.165, 1.54) is 0 Å². The lowest BCUT2D eigenvalue weighted by atomic mass is 10.3. The van der Waals surface area contributed by atoms with Crippen LogP contribution in [0, 0.1) is 0 Å². The van der Waals surface area contributed by atoms with E-state index in [1.54, 1.807) is 24.3 Å². The van der Waals surface area contributed by atoms with E-state index in [1.807, 2.05) is 13.8 Å². The molecule has 1 rings (SSSR count). The minimum Gasteiger partial charge on any atom is -0.383 e. The molecule has 1 unspecified atom stereocenters. The number of sulfonamides is 1. The summed E-state index contributed by atoms with van der Waals surface area (Å²) in [4.78, 5) is 0.280. The van der Waals surface area contributed by atoms with Gasteiger partial charge < -0.3 is 11.1 Å². The second-order valence-corrected chi connectivity index (χ2v) is 6.05. The van der Waals surface area contributed by atoms with Gasteiger partial charge in [-0.1, -0.05) is 6.92 Å². The number of rotatable bonds is 7. The van der Waals surface area contributed by atoms with Gasteiger partial charge in [-0.2, -0.15) is 0 Å². The first-order chi connectivity index (χ1) is 8.45. The Bertz CT molecular complexity index is 455. The summed E-state index contributed by atoms with van der Waals surface area (Å²) in [5.74, 6) is 0. The predicted molar refractivity (Wildman–Crippen MR) is 74.1 cm³/mol. The first-order valence-corrected chi connectivity index (χ1v) is 7.53. The highest BCUT2D eigenvalue weighted by Crippen LogP contribution is 2.13. The average molecular weight is 271 g/mol. The fourth-order valence-corrected chi connectivity index (χ4v) is 2.48. The molecule has 0 aliphatic carbocycles. The summed E-state index contributed by atoms with van der Waals surface area (Å²) in [7, 11) is -3.37. The second-order valence-electron chi connectivity index (χ2n) is 4.28. The van der Waals surface area contributed by atoms with E-state index in [-0.39, 0.29) is 10.9 Å². The van der Waals surface area contributed by atoms with Gasteiger partial charge in [0.1, 0.15) is 0 Å². The molecule has 0 saturated heterocycles. The van der Waals surface area contributed by atoms with Crippen molar-refractivity contribution in [2.24, 2.45) is 5.73 Å². The van der Waals surface area contributed by atoms with E-state index in [0.29, 0.717) is 13.1 Å². The smallest absolute Gasteiger partial charge is 0.240 e. The van der Waals surface area contributed by atoms with E-state index in [0.717, 1.165) is 12.1 Å². The molecule has 1 atom stereocenters. The summed E-state index contributed by atoms with van der Waals surface area (Å²) >= 11 is 0. The molecule has 6 heteroatoms. The van der Waals surface area contributed by atoms with Crippen molar-refractivity contribution < 1.29 is 8.42 Å². The lowest BCUT2D eigenvalue weighted by Gasteiger charge is -2.10. The topological polar surface area (TPSA) is 84.2 Å². The molecule has 1 aromatic rings. The third kappa shape index (κ3) is 4.64. The molecule has 5 nitrogen and oxygen atoms in total. The van der Waals surface area contributed by atoms with Crippen LogP contribution >= 0.6 is 0 Å². The maximum atomic E-state index is 11.8. The standard InChI is InChI=1S/C12H21N3O2S/c1-3-8-15-18(16,17)12-6-4-11(5-7-12)14-9-10(2)13/h4-7,10,14-15H,3,8-9,13H2,1-2H3. The maximum Gasteiger partial charge on any atom is 0.240 e. The van der Waals surface area contributed by atoms with E-state index < -0.39 is 10.0 Å². The van der Waals surface area contributed by atoms with Gasteiger partial charge in [-0.25, -0.2) is 13.1 Å². The second kappa shape index (κ2) is 6.72. The van der Waals surface area contributed by atoms with Gasteiger partial charge in [0.15, 0.2) is 0 Å². The van der Waals surface area contributed by atoms with Crippen LogP contribution in [0.25, 0.3) is 0 Å². The van der Waals surface area contributed by atoms with Gasteiger partial charge in [0.2, 0.25) is 10.0 Å². The molecule has 1 aromatic carbocycles. The molecule has 0 heterocycles. The Balaban J connectivity index is 2.70. The van der Waals surface area contributed by atoms with Crippen molar-refractivity contribution in [1.29, 1.82) is 0 Å². The van der Waals surface area contributed by atoms with E-state index in [4.69, 9.17) is 5.73 Å². The molecular formula is C12H21N3O2S. The zero-order chi connectivity index (χ0) is 13.6. The van der Waals surface area contributed by atoms with Crippen molar-refractivity contribution >= 4 is 15.7 Å². The van der Waals surface area contributed by atoms with Crippen LogP contribution in [-0.2, 0) is 10.0 Å². The summed E-state index contributed by atoms with van der Waals surface area (Å²) in [6.45, 7) is 4.93. The fraction of sp³-hybridized carbons (Fsp3) is 0.500. The van der Waals surface area contributed by atoms with Crippen LogP contribution in [0.4, 0.5) is 5.69 Å². The van der Waals surface area contributed by atoms with E-state index >= 15 is 0 Å². The largest absolute Gasteiger partial charge is 0.383 e. The Hall–Kier alpha value is -1.11. The van der Waals surface area contributed by atoms with Gasteiger partial charge in [-0.3, -0.25) is 0 Å². The molecule has 18 heavy (non-hydrogen) atoms. The lowest BCUT2D eigenvalue weighted by Crippen LogP contribution is -2.25. The highest BCUT2D eigenvalue weighted by molar-refractivity contribution is 7.89. The van der Waals surface area contributed by atoms with Crippen molar-refractivity contribution in [3.8, 4) is 0 Å². The molecule has 102 valence electrons. The van der Waals surface area contributed by atoms with Crippen molar-refractivity contribution in [3.63, 3.8) is 0 Å². The number of nitrogens with one attached hydrogen (secondary N) is 2. The predicted octanol–water partition coefficient (Wildman–Crippen LogP) is 1.13. The molecule has 0 amide bonds. The number of nitrogens with two attached hydrogens (primary N) is 1. The Kier molecular flexibility index (Phi) is 5.58. The Morgan fingerprint density at radius 2 is 1.89 bits per heavy atom. The van der Waals surface area contributed by atoms with Crippen LogP contribution in [0.3, 0.4) is 0 Å². The van der Waals surface area contributed by atoms with Crippen molar-refractivity contribution in [2.45, 2.75) is 31.2 Å². The lowest BCUT2D eigenvalue weighted by molar-refractivity contribution is 0.581. The monoisotopic (exact) mass is 271 g/mol. The molecule has 0 bridgehead atoms. The minimum atomic E-state index is -3.37. The molecule has 0 aliphatic heterocycles. The van der Waals surface area contributed by atoms with Crippen molar-refractivity contribution in [1.82, 2.24) is 4.72 Å². The van der Waals surface area contributed by atoms with Gasteiger partial charge in [-0.05, 0) is 37.6 Å². The number of hydrogen-bond acceptors (Lipinski definition) is 4. The van der Waals surface area contributed by atoms with Crippen LogP contribution in [0.2, 0.25) is 0 Å². The van der Waals surface area contributed by atoms with E-state index in [9.17, 15) is 8.42 Å². The summed E-state index contributed by atoms with van der Waals surface area (Å²) < 4.78 is 26.2. The Morgan fingerprint density at radius 1 is 1.28 bits per heavy atom. The van der Waals surface area contributed by atoms with Crippen LogP contribution < -0.4 is 15.8 Å². The van der Waals surface area contributed by atoms with Crippen LogP contribution in [0.5, 0.6) is 0 Å². The molecule has 0 aliphatic rings. The minimum absolute atomic E-state index is 0.0552. The highest BCUT2D eigenvalue weighted by Gasteiger charge is 2.12. The highest BCUT2D eigenvalue weighted by atomic mass is 32.2. The average Bonchev–Trinajstić information content (AvgIpc) is 2.34. The summed E-state index contributed by atoms with van der Waals surface area (Å²) in [6, 6.07) is 6.70. The first-order valence-electron chi connectivity index (χ1n) is 6.05. The van der Waals surface area contributed by atoms with Gasteiger partial charge in [0.05, 0.1) is 4.90 Å². The van der Waals surface area contributed by atoms with Gasteiger partial charge in [0, 0.05) is 24.8 Å². The molecule has 0 spiro atoms. The zero-order valence-electron chi connectivity index (χ0n) is 10.8. The van der Waals surface area contributed by atoms with Crippen molar-refractivity contribution in [3.05, 3.63) is 24.3 Å². The molecular weight excluding hydrogens is 250 g/mol. The number of anilines is 1.